The summed E-state index contributed by atoms with van der Waals surface area (Å²) in [5.41, 5.74) is 0.587. The van der Waals surface area contributed by atoms with Crippen LogP contribution in [0.3, 0.4) is 0 Å². The first-order chi connectivity index (χ1) is 4.20. The molecule has 3 heteroatoms. The van der Waals surface area contributed by atoms with Gasteiger partial charge in [0.25, 0.3) is 0 Å². The Hall–Kier alpha value is -0.725. The van der Waals surface area contributed by atoms with E-state index >= 15 is 0 Å². The average molecular weight is 120 g/mol. The van der Waals surface area contributed by atoms with Gasteiger partial charge in [-0.3, -0.25) is 4.68 Å². The van der Waals surface area contributed by atoms with E-state index in [1.165, 1.54) is 0 Å². The molecule has 0 aliphatic heterocycles. The van der Waals surface area contributed by atoms with Gasteiger partial charge in [0.1, 0.15) is 7.85 Å². The van der Waals surface area contributed by atoms with Crippen LogP contribution in [-0.2, 0) is 0 Å². The molecule has 1 heterocycles. The number of hydrogen-bond donors (Lipinski definition) is 0. The first-order valence-electron chi connectivity index (χ1n) is 3.01. The Morgan fingerprint density at radius 2 is 2.33 bits per heavy atom. The van der Waals surface area contributed by atoms with E-state index < -0.39 is 0 Å². The monoisotopic (exact) mass is 120 g/mol. The van der Waals surface area contributed by atoms with Crippen LogP contribution < -0.4 is 5.59 Å². The highest BCUT2D eigenvalue weighted by Crippen LogP contribution is 1.97. The molecule has 1 rings (SSSR count). The Morgan fingerprint density at radius 1 is 1.67 bits per heavy atom. The minimum atomic E-state index is 0.405. The molecule has 0 aliphatic rings. The van der Waals surface area contributed by atoms with Gasteiger partial charge in [-0.2, -0.15) is 5.10 Å². The summed E-state index contributed by atoms with van der Waals surface area (Å²) in [5.74, 6) is 0. The lowest BCUT2D eigenvalue weighted by molar-refractivity contribution is 0.536. The fourth-order valence-corrected chi connectivity index (χ4v) is 0.640. The van der Waals surface area contributed by atoms with Crippen LogP contribution in [0.15, 0.2) is 12.3 Å². The second-order valence-electron chi connectivity index (χ2n) is 2.31. The number of rotatable bonds is 1. The maximum Gasteiger partial charge on any atom is 0.144 e. The fourth-order valence-electron chi connectivity index (χ4n) is 0.640. The maximum absolute atomic E-state index is 5.38. The molecule has 0 saturated heterocycles. The fraction of sp³-hybridized carbons (Fsp3) is 0.500. The predicted octanol–water partition coefficient (Wildman–Crippen LogP) is 0.258. The third-order valence-corrected chi connectivity index (χ3v) is 1.16. The van der Waals surface area contributed by atoms with Crippen molar-refractivity contribution in [3.05, 3.63) is 12.3 Å². The molecule has 0 N–H and O–H groups in total. The summed E-state index contributed by atoms with van der Waals surface area (Å²) >= 11 is 0. The summed E-state index contributed by atoms with van der Waals surface area (Å²) in [6, 6.07) is 2.20. The van der Waals surface area contributed by atoms with Gasteiger partial charge in [0.05, 0.1) is 0 Å². The molecule has 9 heavy (non-hydrogen) atoms. The number of aromatic nitrogens is 2. The number of hydrogen-bond acceptors (Lipinski definition) is 1. The number of nitrogens with zero attached hydrogens (tertiary/aromatic N) is 2. The molecule has 1 aromatic rings. The zero-order chi connectivity index (χ0) is 6.85. The summed E-state index contributed by atoms with van der Waals surface area (Å²) in [6.45, 7) is 4.12. The Labute approximate surface area is 56.3 Å². The molecule has 0 amide bonds. The van der Waals surface area contributed by atoms with E-state index in [0.717, 1.165) is 0 Å². The van der Waals surface area contributed by atoms with Crippen molar-refractivity contribution in [3.8, 4) is 0 Å². The zero-order valence-corrected chi connectivity index (χ0v) is 5.70. The van der Waals surface area contributed by atoms with Crippen LogP contribution in [0.5, 0.6) is 0 Å². The summed E-state index contributed by atoms with van der Waals surface area (Å²) < 4.78 is 1.83. The third kappa shape index (κ3) is 1.34. The summed E-state index contributed by atoms with van der Waals surface area (Å²) in [4.78, 5) is 0. The summed E-state index contributed by atoms with van der Waals surface area (Å²) in [7, 11) is 5.38. The molecule has 2 radical (unpaired) electrons. The molecule has 46 valence electrons. The molecule has 0 spiro atoms. The summed E-state index contributed by atoms with van der Waals surface area (Å²) in [6.07, 6.45) is 1.88. The van der Waals surface area contributed by atoms with Crippen LogP contribution in [0.4, 0.5) is 0 Å². The zero-order valence-electron chi connectivity index (χ0n) is 5.70. The lowest BCUT2D eigenvalue weighted by Gasteiger charge is -2.02. The normalized spacial score (nSPS) is 10.6. The Morgan fingerprint density at radius 3 is 2.56 bits per heavy atom. The Kier molecular flexibility index (Phi) is 1.60. The molecular formula is C6H9BN2. The minimum Gasteiger partial charge on any atom is -0.271 e. The first-order valence-corrected chi connectivity index (χ1v) is 3.01. The summed E-state index contributed by atoms with van der Waals surface area (Å²) in [5, 5.41) is 4.00. The van der Waals surface area contributed by atoms with Gasteiger partial charge < -0.3 is 0 Å². The van der Waals surface area contributed by atoms with E-state index in [1.54, 1.807) is 6.07 Å². The molecule has 2 nitrogen and oxygen atoms in total. The van der Waals surface area contributed by atoms with E-state index in [9.17, 15) is 0 Å². The van der Waals surface area contributed by atoms with Crippen molar-refractivity contribution in [2.75, 3.05) is 0 Å². The lowest BCUT2D eigenvalue weighted by atomic mass is 10.1. The smallest absolute Gasteiger partial charge is 0.144 e. The molecule has 0 fully saturated rings. The van der Waals surface area contributed by atoms with Crippen molar-refractivity contribution in [2.24, 2.45) is 0 Å². The Balaban J connectivity index is 2.85. The average Bonchev–Trinajstić information content (AvgIpc) is 2.14. The Bertz CT molecular complexity index is 193. The van der Waals surface area contributed by atoms with Gasteiger partial charge >= 0.3 is 0 Å². The van der Waals surface area contributed by atoms with E-state index in [4.69, 9.17) is 7.85 Å². The quantitative estimate of drug-likeness (QED) is 0.486. The molecule has 0 bridgehead atoms. The van der Waals surface area contributed by atoms with Gasteiger partial charge in [-0.15, -0.1) is 0 Å². The van der Waals surface area contributed by atoms with E-state index in [2.05, 4.69) is 18.9 Å². The van der Waals surface area contributed by atoms with Crippen LogP contribution in [0, 0.1) is 0 Å². The highest BCUT2D eigenvalue weighted by Gasteiger charge is 1.95. The van der Waals surface area contributed by atoms with Crippen LogP contribution >= 0.6 is 0 Å². The predicted molar refractivity (Wildman–Crippen MR) is 38.0 cm³/mol. The van der Waals surface area contributed by atoms with Gasteiger partial charge in [-0.1, -0.05) is 0 Å². The van der Waals surface area contributed by atoms with Crippen molar-refractivity contribution >= 4 is 13.4 Å². The molecule has 0 aromatic carbocycles. The highest BCUT2D eigenvalue weighted by molar-refractivity contribution is 6.30. The van der Waals surface area contributed by atoms with E-state index in [-0.39, 0.29) is 0 Å². The van der Waals surface area contributed by atoms with Crippen molar-refractivity contribution in [1.82, 2.24) is 9.78 Å². The van der Waals surface area contributed by atoms with Crippen LogP contribution in [0.1, 0.15) is 19.9 Å². The molecule has 0 aliphatic carbocycles. The highest BCUT2D eigenvalue weighted by atomic mass is 15.3. The lowest BCUT2D eigenvalue weighted by Crippen LogP contribution is -2.08. The van der Waals surface area contributed by atoms with Crippen LogP contribution in [0.2, 0.25) is 0 Å². The maximum atomic E-state index is 5.38. The minimum absolute atomic E-state index is 0.405. The third-order valence-electron chi connectivity index (χ3n) is 1.16. The molecule has 0 saturated carbocycles. The van der Waals surface area contributed by atoms with Gasteiger partial charge in [0.2, 0.25) is 0 Å². The van der Waals surface area contributed by atoms with Gasteiger partial charge in [-0.05, 0) is 19.9 Å². The van der Waals surface area contributed by atoms with E-state index in [0.29, 0.717) is 11.6 Å². The molecule has 0 atom stereocenters. The molecule has 0 unspecified atom stereocenters. The van der Waals surface area contributed by atoms with Gasteiger partial charge in [-0.25, -0.2) is 0 Å². The SMILES string of the molecule is [B]c1ccn(C(C)C)n1. The van der Waals surface area contributed by atoms with Crippen molar-refractivity contribution in [1.29, 1.82) is 0 Å². The standard InChI is InChI=1S/C6H9BN2/c1-5(2)9-4-3-6(7)8-9/h3-5H,1-2H3. The second-order valence-corrected chi connectivity index (χ2v) is 2.31. The topological polar surface area (TPSA) is 17.8 Å². The first kappa shape index (κ1) is 6.40. The van der Waals surface area contributed by atoms with Crippen LogP contribution in [-0.4, -0.2) is 17.6 Å². The van der Waals surface area contributed by atoms with Crippen molar-refractivity contribution in [3.63, 3.8) is 0 Å². The van der Waals surface area contributed by atoms with Gasteiger partial charge in [0.15, 0.2) is 0 Å². The van der Waals surface area contributed by atoms with Gasteiger partial charge in [0, 0.05) is 17.8 Å². The van der Waals surface area contributed by atoms with Crippen molar-refractivity contribution in [2.45, 2.75) is 19.9 Å². The van der Waals surface area contributed by atoms with E-state index in [1.807, 2.05) is 10.9 Å². The van der Waals surface area contributed by atoms with Crippen molar-refractivity contribution < 1.29 is 0 Å². The largest absolute Gasteiger partial charge is 0.271 e. The van der Waals surface area contributed by atoms with Crippen LogP contribution in [0.25, 0.3) is 0 Å². The molecule has 1 aromatic heterocycles. The second kappa shape index (κ2) is 2.25. The molecular weight excluding hydrogens is 111 g/mol.